The van der Waals surface area contributed by atoms with Crippen molar-refractivity contribution < 1.29 is 18.0 Å². The number of sulfonamides is 1. The van der Waals surface area contributed by atoms with Crippen LogP contribution in [-0.4, -0.2) is 119 Å². The third kappa shape index (κ3) is 9.21. The average molecular weight is 807 g/mol. The van der Waals surface area contributed by atoms with Crippen molar-refractivity contribution in [1.82, 2.24) is 27.3 Å². The number of nitrogens with zero attached hydrogens (tertiary/aromatic N) is 8. The van der Waals surface area contributed by atoms with Gasteiger partial charge in [0.15, 0.2) is 0 Å². The average Bonchev–Trinajstić information content (AvgIpc) is 3.99. The highest BCUT2D eigenvalue weighted by molar-refractivity contribution is 7.88. The highest BCUT2D eigenvalue weighted by atomic mass is 32.2. The Kier molecular flexibility index (Phi) is 12.2. The molecule has 308 valence electrons. The first kappa shape index (κ1) is 40.9. The highest BCUT2D eigenvalue weighted by Crippen LogP contribution is 2.32. The molecule has 12 nitrogen and oxygen atoms in total. The second-order valence-corrected chi connectivity index (χ2v) is 18.1. The minimum atomic E-state index is -3.07. The van der Waals surface area contributed by atoms with Crippen molar-refractivity contribution in [2.45, 2.75) is 53.4 Å². The number of piperazine rings is 2. The zero-order valence-electron chi connectivity index (χ0n) is 34.8. The molecule has 9 rings (SSSR count). The molecule has 0 N–H and O–H groups in total. The lowest BCUT2D eigenvalue weighted by Crippen LogP contribution is -2.48. The smallest absolute Gasteiger partial charge is 0.219 e. The van der Waals surface area contributed by atoms with Gasteiger partial charge in [-0.25, -0.2) is 8.42 Å². The van der Waals surface area contributed by atoms with Crippen LogP contribution in [0.4, 0.5) is 11.4 Å². The fraction of sp³-hybridized carbons (Fsp3) is 0.422. The molecule has 0 bridgehead atoms. The van der Waals surface area contributed by atoms with Crippen LogP contribution in [0, 0.1) is 20.8 Å². The second-order valence-electron chi connectivity index (χ2n) is 16.1. The molecule has 6 aromatic heterocycles. The molecular formula is C45H58N8O4S. The zero-order chi connectivity index (χ0) is 41.1. The predicted molar refractivity (Wildman–Crippen MR) is 234 cm³/mol. The van der Waals surface area contributed by atoms with Crippen LogP contribution in [0.1, 0.15) is 54.9 Å². The monoisotopic (exact) mass is 806 g/mol. The van der Waals surface area contributed by atoms with Crippen LogP contribution in [0.3, 0.4) is 0 Å². The molecule has 0 unspecified atom stereocenters. The normalized spacial score (nSPS) is 17.0. The van der Waals surface area contributed by atoms with Crippen LogP contribution in [0.15, 0.2) is 91.8 Å². The maximum Gasteiger partial charge on any atom is 0.219 e. The number of aryl methyl sites for hydroxylation is 3. The lowest BCUT2D eigenvalue weighted by molar-refractivity contribution is -0.130. The summed E-state index contributed by atoms with van der Waals surface area (Å²) in [6, 6.07) is 19.3. The topological polar surface area (TPSA) is 97.7 Å². The summed E-state index contributed by atoms with van der Waals surface area (Å²) in [5.41, 5.74) is 11.4. The van der Waals surface area contributed by atoms with Gasteiger partial charge in [0.25, 0.3) is 0 Å². The first-order chi connectivity index (χ1) is 27.7. The van der Waals surface area contributed by atoms with E-state index in [0.29, 0.717) is 19.0 Å². The van der Waals surface area contributed by atoms with E-state index in [2.05, 4.69) is 123 Å². The Morgan fingerprint density at radius 1 is 0.552 bits per heavy atom. The van der Waals surface area contributed by atoms with Gasteiger partial charge in [0.05, 0.1) is 28.7 Å². The van der Waals surface area contributed by atoms with E-state index in [1.807, 2.05) is 22.1 Å². The summed E-state index contributed by atoms with van der Waals surface area (Å²) in [4.78, 5) is 31.3. The van der Waals surface area contributed by atoms with Crippen LogP contribution >= 0.6 is 0 Å². The summed E-state index contributed by atoms with van der Waals surface area (Å²) in [5.74, 6) is 0.958. The maximum atomic E-state index is 11.6. The Morgan fingerprint density at radius 2 is 0.948 bits per heavy atom. The minimum absolute atomic E-state index is 0.178. The number of rotatable bonds is 4. The van der Waals surface area contributed by atoms with Crippen molar-refractivity contribution in [3.05, 3.63) is 114 Å². The van der Waals surface area contributed by atoms with Crippen LogP contribution in [0.5, 0.6) is 0 Å². The van der Waals surface area contributed by atoms with E-state index in [-0.39, 0.29) is 11.8 Å². The summed E-state index contributed by atoms with van der Waals surface area (Å²) in [6.07, 6.45) is 16.1. The van der Waals surface area contributed by atoms with Gasteiger partial charge in [-0.05, 0) is 110 Å². The van der Waals surface area contributed by atoms with Crippen molar-refractivity contribution >= 4 is 49.8 Å². The van der Waals surface area contributed by atoms with Crippen LogP contribution in [0.25, 0.3) is 16.6 Å². The van der Waals surface area contributed by atoms with E-state index in [4.69, 9.17) is 0 Å². The Balaban J connectivity index is 0.000000132. The molecule has 3 fully saturated rings. The van der Waals surface area contributed by atoms with Gasteiger partial charge < -0.3 is 32.8 Å². The molecule has 0 radical (unpaired) electrons. The molecule has 9 heterocycles. The number of hydrogen-bond donors (Lipinski definition) is 0. The van der Waals surface area contributed by atoms with Gasteiger partial charge in [0.2, 0.25) is 21.8 Å². The number of amides is 2. The third-order valence-corrected chi connectivity index (χ3v) is 13.1. The number of anilines is 2. The van der Waals surface area contributed by atoms with E-state index < -0.39 is 10.0 Å². The minimum Gasteiger partial charge on any atom is -0.367 e. The van der Waals surface area contributed by atoms with Gasteiger partial charge in [-0.2, -0.15) is 4.31 Å². The number of fused-ring (bicyclic) bond motifs is 3. The van der Waals surface area contributed by atoms with Crippen LogP contribution < -0.4 is 9.80 Å². The number of pyridine rings is 3. The van der Waals surface area contributed by atoms with Crippen LogP contribution in [-0.2, 0) is 19.6 Å². The zero-order valence-corrected chi connectivity index (χ0v) is 35.7. The Hall–Kier alpha value is -5.27. The first-order valence-electron chi connectivity index (χ1n) is 20.4. The molecule has 6 aromatic rings. The molecule has 3 aliphatic rings. The molecule has 3 saturated heterocycles. The Bertz CT molecular complexity index is 2390. The van der Waals surface area contributed by atoms with Crippen LogP contribution in [0.2, 0.25) is 0 Å². The summed E-state index contributed by atoms with van der Waals surface area (Å²) in [5, 5.41) is 0. The van der Waals surface area contributed by atoms with Crippen molar-refractivity contribution in [3.8, 4) is 0 Å². The molecule has 0 aliphatic carbocycles. The number of carbonyl (C=O) groups excluding carboxylic acids is 2. The SMILES string of the molecule is CC(=O)N1CCC(c2cc(C)cn3cccc23)CC1.CC(=O)N1CCN(c2cc(C)cn3cccc23)CC1.Cc1cc(N2CCN(S(C)(=O)=O)CC2)c2cccn2c1. The molecular weight excluding hydrogens is 749 g/mol. The van der Waals surface area contributed by atoms with E-state index in [1.54, 1.807) is 18.2 Å². The van der Waals surface area contributed by atoms with Gasteiger partial charge >= 0.3 is 0 Å². The van der Waals surface area contributed by atoms with E-state index in [1.165, 1.54) is 56.4 Å². The van der Waals surface area contributed by atoms with Crippen molar-refractivity contribution in [3.63, 3.8) is 0 Å². The molecule has 2 amide bonds. The number of piperidine rings is 1. The molecule has 0 aromatic carbocycles. The fourth-order valence-electron chi connectivity index (χ4n) is 8.73. The summed E-state index contributed by atoms with van der Waals surface area (Å²) in [6.45, 7) is 17.5. The number of aromatic nitrogens is 3. The van der Waals surface area contributed by atoms with Gasteiger partial charge in [0.1, 0.15) is 0 Å². The molecule has 3 aliphatic heterocycles. The first-order valence-corrected chi connectivity index (χ1v) is 22.3. The summed E-state index contributed by atoms with van der Waals surface area (Å²) in [7, 11) is -3.07. The Morgan fingerprint density at radius 3 is 1.40 bits per heavy atom. The van der Waals surface area contributed by atoms with Gasteiger partial charge in [-0.3, -0.25) is 9.59 Å². The van der Waals surface area contributed by atoms with E-state index in [0.717, 1.165) is 65.2 Å². The maximum absolute atomic E-state index is 11.6. The molecule has 13 heteroatoms. The van der Waals surface area contributed by atoms with E-state index >= 15 is 0 Å². The quantitative estimate of drug-likeness (QED) is 0.210. The van der Waals surface area contributed by atoms with Gasteiger partial charge in [-0.15, -0.1) is 0 Å². The molecule has 0 saturated carbocycles. The lowest BCUT2D eigenvalue weighted by Gasteiger charge is -2.36. The van der Waals surface area contributed by atoms with Gasteiger partial charge in [-0.1, -0.05) is 6.07 Å². The van der Waals surface area contributed by atoms with Crippen molar-refractivity contribution in [2.24, 2.45) is 0 Å². The largest absolute Gasteiger partial charge is 0.367 e. The Labute approximate surface area is 342 Å². The fourth-order valence-corrected chi connectivity index (χ4v) is 9.55. The molecule has 58 heavy (non-hydrogen) atoms. The number of carbonyl (C=O) groups is 2. The van der Waals surface area contributed by atoms with Gasteiger partial charge in [0, 0.05) is 122 Å². The standard InChI is InChI=1S/C16H20N2O.C15H19N3O.C14H19N3O2S/c1-12-10-15(16-4-3-7-18(16)11-12)14-5-8-17(9-6-14)13(2)19;1-12-10-15(14-4-3-5-18(14)11-12)17-8-6-16(7-9-17)13(2)19;1-12-10-14(13-4-3-5-16(13)11-12)15-6-8-17(9-7-15)20(2,18)19/h3-4,7,10-11,14H,5-6,8-9H2,1-2H3;3-5,10-11H,6-9H2,1-2H3;3-5,10-11H,6-9H2,1-2H3. The number of likely N-dealkylation sites (tertiary alicyclic amines) is 1. The van der Waals surface area contributed by atoms with E-state index in [9.17, 15) is 18.0 Å². The third-order valence-electron chi connectivity index (χ3n) is 11.8. The number of hydrogen-bond acceptors (Lipinski definition) is 6. The van der Waals surface area contributed by atoms with Crippen molar-refractivity contribution in [2.75, 3.05) is 81.5 Å². The predicted octanol–water partition coefficient (Wildman–Crippen LogP) is 6.22. The summed E-state index contributed by atoms with van der Waals surface area (Å²) < 4.78 is 31.2. The highest BCUT2D eigenvalue weighted by Gasteiger charge is 2.26. The van der Waals surface area contributed by atoms with Crippen molar-refractivity contribution in [1.29, 1.82) is 0 Å². The molecule has 0 spiro atoms. The molecule has 0 atom stereocenters. The summed E-state index contributed by atoms with van der Waals surface area (Å²) >= 11 is 0. The second kappa shape index (κ2) is 17.3. The lowest BCUT2D eigenvalue weighted by atomic mass is 9.88.